The lowest BCUT2D eigenvalue weighted by molar-refractivity contribution is -0.124. The average molecular weight is 449 g/mol. The van der Waals surface area contributed by atoms with Crippen molar-refractivity contribution >= 4 is 12.8 Å². The van der Waals surface area contributed by atoms with Gasteiger partial charge in [0, 0.05) is 25.2 Å². The molecule has 0 aromatic rings. The molecule has 32 heavy (non-hydrogen) atoms. The summed E-state index contributed by atoms with van der Waals surface area (Å²) < 4.78 is 0. The Bertz CT molecular complexity index is 537. The first-order chi connectivity index (χ1) is 14.7. The van der Waals surface area contributed by atoms with Crippen LogP contribution in [0.2, 0.25) is 0 Å². The molecular weight excluding hydrogens is 396 g/mol. The van der Waals surface area contributed by atoms with E-state index in [0.717, 1.165) is 77.3 Å². The maximum Gasteiger partial charge on any atom is 0.209 e. The molecule has 0 unspecified atom stereocenters. The van der Waals surface area contributed by atoms with Gasteiger partial charge < -0.3 is 9.80 Å². The van der Waals surface area contributed by atoms with Crippen LogP contribution in [0.4, 0.5) is 0 Å². The molecule has 2 fully saturated rings. The Labute approximate surface area is 198 Å². The maximum absolute atomic E-state index is 11.8. The minimum Gasteiger partial charge on any atom is -0.342 e. The SMILES string of the molecule is CC1(C)CC(N(C=O)CCCCCCN(C=O)C2CC(C)(C)CC(C)(C)C2)CC(C)(C)C1. The van der Waals surface area contributed by atoms with Gasteiger partial charge in [-0.15, -0.1) is 0 Å². The molecule has 0 N–H and O–H groups in total. The highest BCUT2D eigenvalue weighted by atomic mass is 16.1. The maximum atomic E-state index is 11.8. The third-order valence-corrected chi connectivity index (χ3v) is 7.86. The van der Waals surface area contributed by atoms with Crippen molar-refractivity contribution in [3.05, 3.63) is 0 Å². The Morgan fingerprint density at radius 3 is 1.09 bits per heavy atom. The quantitative estimate of drug-likeness (QED) is 0.261. The summed E-state index contributed by atoms with van der Waals surface area (Å²) in [6.45, 7) is 20.5. The number of hydrogen-bond donors (Lipinski definition) is 0. The molecule has 2 aliphatic rings. The smallest absolute Gasteiger partial charge is 0.209 e. The molecule has 186 valence electrons. The summed E-state index contributed by atoms with van der Waals surface area (Å²) in [5, 5.41) is 0. The van der Waals surface area contributed by atoms with Crippen LogP contribution >= 0.6 is 0 Å². The topological polar surface area (TPSA) is 40.6 Å². The van der Waals surface area contributed by atoms with E-state index in [1.807, 2.05) is 0 Å². The third kappa shape index (κ3) is 8.37. The summed E-state index contributed by atoms with van der Waals surface area (Å²) in [7, 11) is 0. The van der Waals surface area contributed by atoms with Crippen molar-refractivity contribution in [1.82, 2.24) is 9.80 Å². The van der Waals surface area contributed by atoms with Crippen LogP contribution < -0.4 is 0 Å². The van der Waals surface area contributed by atoms with Crippen molar-refractivity contribution in [3.8, 4) is 0 Å². The monoisotopic (exact) mass is 448 g/mol. The first-order valence-corrected chi connectivity index (χ1v) is 13.1. The van der Waals surface area contributed by atoms with E-state index in [-0.39, 0.29) is 0 Å². The zero-order chi connectivity index (χ0) is 24.2. The largest absolute Gasteiger partial charge is 0.342 e. The number of carbonyl (C=O) groups is 2. The van der Waals surface area contributed by atoms with E-state index in [2.05, 4.69) is 65.2 Å². The van der Waals surface area contributed by atoms with Crippen LogP contribution in [-0.4, -0.2) is 47.8 Å². The Morgan fingerprint density at radius 1 is 0.562 bits per heavy atom. The molecular formula is C28H52N2O2. The van der Waals surface area contributed by atoms with E-state index in [1.54, 1.807) is 0 Å². The molecule has 2 amide bonds. The molecule has 2 rings (SSSR count). The van der Waals surface area contributed by atoms with E-state index in [1.165, 1.54) is 12.8 Å². The van der Waals surface area contributed by atoms with Crippen LogP contribution in [0.5, 0.6) is 0 Å². The number of hydrogen-bond acceptors (Lipinski definition) is 2. The molecule has 0 bridgehead atoms. The molecule has 0 aliphatic heterocycles. The lowest BCUT2D eigenvalue weighted by Gasteiger charge is -2.48. The van der Waals surface area contributed by atoms with Gasteiger partial charge in [-0.25, -0.2) is 0 Å². The van der Waals surface area contributed by atoms with E-state index in [4.69, 9.17) is 0 Å². The van der Waals surface area contributed by atoms with Crippen molar-refractivity contribution < 1.29 is 9.59 Å². The molecule has 0 radical (unpaired) electrons. The van der Waals surface area contributed by atoms with Crippen LogP contribution in [-0.2, 0) is 9.59 Å². The van der Waals surface area contributed by atoms with E-state index >= 15 is 0 Å². The van der Waals surface area contributed by atoms with Gasteiger partial charge in [0.05, 0.1) is 0 Å². The van der Waals surface area contributed by atoms with Crippen molar-refractivity contribution in [3.63, 3.8) is 0 Å². The van der Waals surface area contributed by atoms with Crippen LogP contribution in [0, 0.1) is 21.7 Å². The van der Waals surface area contributed by atoms with Crippen molar-refractivity contribution in [2.45, 2.75) is 132 Å². The van der Waals surface area contributed by atoms with E-state index in [9.17, 15) is 9.59 Å². The highest BCUT2D eigenvalue weighted by Gasteiger charge is 2.41. The minimum absolute atomic E-state index is 0.300. The number of unbranched alkanes of at least 4 members (excludes halogenated alkanes) is 3. The second-order valence-electron chi connectivity index (χ2n) is 14.2. The second-order valence-corrected chi connectivity index (χ2v) is 14.2. The van der Waals surface area contributed by atoms with Gasteiger partial charge in [0.15, 0.2) is 0 Å². The first-order valence-electron chi connectivity index (χ1n) is 13.1. The molecule has 0 atom stereocenters. The van der Waals surface area contributed by atoms with Gasteiger partial charge in [-0.05, 0) is 73.0 Å². The molecule has 4 nitrogen and oxygen atoms in total. The van der Waals surface area contributed by atoms with Gasteiger partial charge in [0.25, 0.3) is 0 Å². The summed E-state index contributed by atoms with van der Waals surface area (Å²) >= 11 is 0. The molecule has 0 aromatic carbocycles. The summed E-state index contributed by atoms with van der Waals surface area (Å²) in [5.74, 6) is 0. The van der Waals surface area contributed by atoms with Gasteiger partial charge in [0.1, 0.15) is 0 Å². The number of amides is 2. The van der Waals surface area contributed by atoms with Gasteiger partial charge >= 0.3 is 0 Å². The highest BCUT2D eigenvalue weighted by Crippen LogP contribution is 2.48. The zero-order valence-corrected chi connectivity index (χ0v) is 22.5. The number of rotatable bonds is 11. The van der Waals surface area contributed by atoms with Crippen LogP contribution in [0.1, 0.15) is 120 Å². The predicted molar refractivity (Wildman–Crippen MR) is 134 cm³/mol. The predicted octanol–water partition coefficient (Wildman–Crippen LogP) is 6.67. The Hall–Kier alpha value is -1.06. The molecule has 0 saturated heterocycles. The summed E-state index contributed by atoms with van der Waals surface area (Å²) in [6, 6.07) is 0.740. The molecule has 0 spiro atoms. The average Bonchev–Trinajstić information content (AvgIpc) is 2.58. The second kappa shape index (κ2) is 10.5. The van der Waals surface area contributed by atoms with Crippen molar-refractivity contribution in [2.24, 2.45) is 21.7 Å². The molecule has 2 saturated carbocycles. The Balaban J connectivity index is 1.74. The molecule has 4 heteroatoms. The fraction of sp³-hybridized carbons (Fsp3) is 0.929. The lowest BCUT2D eigenvalue weighted by Crippen LogP contribution is -2.46. The van der Waals surface area contributed by atoms with Crippen LogP contribution in [0.3, 0.4) is 0 Å². The van der Waals surface area contributed by atoms with Crippen molar-refractivity contribution in [1.29, 1.82) is 0 Å². The fourth-order valence-electron chi connectivity index (χ4n) is 7.63. The minimum atomic E-state index is 0.300. The summed E-state index contributed by atoms with van der Waals surface area (Å²) in [5.41, 5.74) is 1.20. The van der Waals surface area contributed by atoms with Crippen LogP contribution in [0.25, 0.3) is 0 Å². The third-order valence-electron chi connectivity index (χ3n) is 7.86. The number of carbonyl (C=O) groups excluding carboxylic acids is 2. The van der Waals surface area contributed by atoms with Crippen LogP contribution in [0.15, 0.2) is 0 Å². The van der Waals surface area contributed by atoms with Gasteiger partial charge in [0.2, 0.25) is 12.8 Å². The van der Waals surface area contributed by atoms with E-state index in [0.29, 0.717) is 33.7 Å². The summed E-state index contributed by atoms with van der Waals surface area (Å²) in [4.78, 5) is 27.8. The fourth-order valence-corrected chi connectivity index (χ4v) is 7.63. The summed E-state index contributed by atoms with van der Waals surface area (Å²) in [6.07, 6.45) is 13.4. The van der Waals surface area contributed by atoms with E-state index < -0.39 is 0 Å². The number of nitrogens with zero attached hydrogens (tertiary/aromatic N) is 2. The Kier molecular flexibility index (Phi) is 8.89. The molecule has 0 aromatic heterocycles. The highest BCUT2D eigenvalue weighted by molar-refractivity contribution is 5.48. The lowest BCUT2D eigenvalue weighted by atomic mass is 9.63. The normalized spacial score (nSPS) is 24.6. The first kappa shape index (κ1) is 27.2. The van der Waals surface area contributed by atoms with Crippen molar-refractivity contribution in [2.75, 3.05) is 13.1 Å². The molecule has 0 heterocycles. The standard InChI is InChI=1S/C28H52N2O2/c1-25(2)15-23(16-26(3,4)19-25)29(21-31)13-11-9-10-12-14-30(22-32)24-17-27(5,6)20-28(7,8)18-24/h21-24H,9-20H2,1-8H3. The van der Waals surface area contributed by atoms with Gasteiger partial charge in [-0.2, -0.15) is 0 Å². The molecule has 2 aliphatic carbocycles. The zero-order valence-electron chi connectivity index (χ0n) is 22.5. The van der Waals surface area contributed by atoms with Gasteiger partial charge in [-0.1, -0.05) is 68.2 Å². The Morgan fingerprint density at radius 2 is 0.844 bits per heavy atom. The van der Waals surface area contributed by atoms with Gasteiger partial charge in [-0.3, -0.25) is 9.59 Å².